The fraction of sp³-hybridized carbons (Fsp3) is 0.650. The summed E-state index contributed by atoms with van der Waals surface area (Å²) in [6, 6.07) is 0. The number of nitrogens with zero attached hydrogens (tertiary/aromatic N) is 4. The zero-order chi connectivity index (χ0) is 31.9. The summed E-state index contributed by atoms with van der Waals surface area (Å²) in [6.45, 7) is -2.63. The van der Waals surface area contributed by atoms with Crippen LogP contribution in [0.2, 0.25) is 0 Å². The Bertz CT molecular complexity index is 1410. The Kier molecular flexibility index (Phi) is 10.4. The lowest BCUT2D eigenvalue weighted by Gasteiger charge is -2.41. The molecule has 0 saturated carbocycles. The van der Waals surface area contributed by atoms with Gasteiger partial charge in [-0.15, -0.1) is 6.58 Å². The Hall–Kier alpha value is -1.59. The van der Waals surface area contributed by atoms with Gasteiger partial charge in [-0.05, 0) is 11.8 Å². The third-order valence-corrected chi connectivity index (χ3v) is 10.4. The Morgan fingerprint density at radius 3 is 2.56 bits per heavy atom. The number of phosphoric acid groups is 1. The minimum atomic E-state index is -5.46. The molecule has 23 heteroatoms. The van der Waals surface area contributed by atoms with Crippen LogP contribution in [-0.4, -0.2) is 135 Å². The minimum Gasteiger partial charge on any atom is -0.394 e. The largest absolute Gasteiger partial charge is 0.481 e. The fourth-order valence-corrected chi connectivity index (χ4v) is 7.77. The van der Waals surface area contributed by atoms with E-state index in [-0.39, 0.29) is 11.6 Å². The maximum atomic E-state index is 12.6. The van der Waals surface area contributed by atoms with Crippen molar-refractivity contribution in [3.05, 3.63) is 30.7 Å². The number of aromatic nitrogens is 4. The van der Waals surface area contributed by atoms with E-state index in [1.54, 1.807) is 0 Å². The molecule has 7 unspecified atom stereocenters. The van der Waals surface area contributed by atoms with Crippen molar-refractivity contribution in [2.45, 2.75) is 60.7 Å². The quantitative estimate of drug-likeness (QED) is 0.0782. The molecule has 2 fully saturated rings. The number of hydrogen-bond donors (Lipinski definition) is 9. The van der Waals surface area contributed by atoms with Crippen molar-refractivity contribution >= 4 is 37.9 Å². The van der Waals surface area contributed by atoms with Gasteiger partial charge in [0.05, 0.1) is 19.4 Å². The third-order valence-electron chi connectivity index (χ3n) is 6.87. The lowest BCUT2D eigenvalue weighted by Crippen LogP contribution is -2.61. The van der Waals surface area contributed by atoms with Gasteiger partial charge < -0.3 is 64.9 Å². The Morgan fingerprint density at radius 1 is 1.23 bits per heavy atom. The van der Waals surface area contributed by atoms with E-state index in [0.717, 1.165) is 0 Å². The Labute approximate surface area is 247 Å². The molecular formula is C20H31N5O15P2S. The molecule has 2 aliphatic rings. The highest BCUT2D eigenvalue weighted by Crippen LogP contribution is 2.62. The topological polar surface area (TPSA) is 303 Å². The number of fused-ring (bicyclic) bond motifs is 1. The van der Waals surface area contributed by atoms with Crippen LogP contribution in [0.5, 0.6) is 0 Å². The maximum Gasteiger partial charge on any atom is 0.481 e. The predicted octanol–water partition coefficient (Wildman–Crippen LogP) is -3.39. The molecule has 43 heavy (non-hydrogen) atoms. The van der Waals surface area contributed by atoms with Gasteiger partial charge in [-0.2, -0.15) is 9.61 Å². The van der Waals surface area contributed by atoms with Gasteiger partial charge in [0.2, 0.25) is 5.95 Å². The fourth-order valence-electron chi connectivity index (χ4n) is 4.68. The number of aliphatic hydroxyl groups is 6. The summed E-state index contributed by atoms with van der Waals surface area (Å²) in [5, 5.41) is 64.2. The van der Waals surface area contributed by atoms with Crippen LogP contribution in [0.15, 0.2) is 25.2 Å². The molecule has 242 valence electrons. The summed E-state index contributed by atoms with van der Waals surface area (Å²) in [5.41, 5.74) is 4.75. The lowest BCUT2D eigenvalue weighted by atomic mass is 9.87. The van der Waals surface area contributed by atoms with E-state index in [4.69, 9.17) is 41.4 Å². The number of nitrogen functional groups attached to an aromatic ring is 1. The second-order valence-electron chi connectivity index (χ2n) is 9.44. The summed E-state index contributed by atoms with van der Waals surface area (Å²) in [7, 11) is -4.18. The van der Waals surface area contributed by atoms with Crippen molar-refractivity contribution in [1.29, 1.82) is 0 Å². The minimum absolute atomic E-state index is 0.0157. The first-order chi connectivity index (χ1) is 20.1. The molecular weight excluding hydrogens is 644 g/mol. The van der Waals surface area contributed by atoms with Crippen molar-refractivity contribution < 1.29 is 72.6 Å². The molecule has 2 aromatic rings. The van der Waals surface area contributed by atoms with Gasteiger partial charge in [-0.3, -0.25) is 4.52 Å². The van der Waals surface area contributed by atoms with E-state index < -0.39 is 88.5 Å². The highest BCUT2D eigenvalue weighted by molar-refractivity contribution is 8.08. The molecule has 4 heterocycles. The molecule has 20 nitrogen and oxygen atoms in total. The van der Waals surface area contributed by atoms with Gasteiger partial charge in [0.1, 0.15) is 60.8 Å². The second kappa shape index (κ2) is 13.0. The zero-order valence-electron chi connectivity index (χ0n) is 22.2. The van der Waals surface area contributed by atoms with Crippen molar-refractivity contribution in [1.82, 2.24) is 19.6 Å². The number of phosphoric ester groups is 1. The molecule has 0 amide bonds. The van der Waals surface area contributed by atoms with Gasteiger partial charge in [-0.25, -0.2) is 18.8 Å². The SMILES string of the molecule is C=C[C@@]1(OC)[C@H](O)[C@@H](COP(O)(=S)OP(=O)(O)OC2OC([C@@H](O)CO)C(O)C(O)C2O)O[C@H]1c1cnn2c(N)ncnc12. The van der Waals surface area contributed by atoms with E-state index in [0.29, 0.717) is 5.56 Å². The molecule has 0 bridgehead atoms. The second-order valence-corrected chi connectivity index (χ2v) is 13.8. The molecule has 10 N–H and O–H groups in total. The van der Waals surface area contributed by atoms with Crippen LogP contribution in [-0.2, 0) is 43.9 Å². The maximum absolute atomic E-state index is 12.6. The first-order valence-electron chi connectivity index (χ1n) is 12.3. The van der Waals surface area contributed by atoms with Crippen LogP contribution in [0, 0.1) is 0 Å². The Balaban J connectivity index is 1.46. The number of nitrogens with two attached hydrogens (primary N) is 1. The standard InChI is InChI=1S/C20H31N5O15P2S/c1-3-20(35-2)15(31)10(37-16(20)8-4-24-25-17(8)22-7-23-19(25)21)6-36-42(34,43)40-41(32,33)39-18-13(30)11(28)12(29)14(38-18)9(27)5-26/h3-4,7,9-16,18,26-31H,1,5-6H2,2H3,(H,32,33)(H,34,43)(H2,21,22,23)/t9-,10+,11?,12?,13?,14?,15+,16-,18?,20+,42?/m0/s1. The summed E-state index contributed by atoms with van der Waals surface area (Å²) < 4.78 is 44.8. The number of ether oxygens (including phenoxy) is 3. The normalized spacial score (nSPS) is 36.7. The molecule has 0 aliphatic carbocycles. The van der Waals surface area contributed by atoms with Crippen LogP contribution in [0.1, 0.15) is 11.7 Å². The van der Waals surface area contributed by atoms with Gasteiger partial charge in [0.15, 0.2) is 11.9 Å². The zero-order valence-corrected chi connectivity index (χ0v) is 24.8. The van der Waals surface area contributed by atoms with Crippen molar-refractivity contribution in [3.8, 4) is 0 Å². The number of anilines is 1. The van der Waals surface area contributed by atoms with Gasteiger partial charge in [0.25, 0.3) is 0 Å². The highest BCUT2D eigenvalue weighted by Gasteiger charge is 2.57. The monoisotopic (exact) mass is 675 g/mol. The smallest absolute Gasteiger partial charge is 0.394 e. The van der Waals surface area contributed by atoms with Crippen molar-refractivity contribution in [3.63, 3.8) is 0 Å². The molecule has 0 spiro atoms. The number of methoxy groups -OCH3 is 1. The van der Waals surface area contributed by atoms with Crippen LogP contribution < -0.4 is 5.73 Å². The van der Waals surface area contributed by atoms with E-state index in [2.05, 4.69) is 30.5 Å². The molecule has 2 aliphatic heterocycles. The van der Waals surface area contributed by atoms with E-state index in [1.165, 1.54) is 30.2 Å². The molecule has 4 rings (SSSR count). The number of aliphatic hydroxyl groups excluding tert-OH is 6. The third kappa shape index (κ3) is 6.69. The predicted molar refractivity (Wildman–Crippen MR) is 143 cm³/mol. The van der Waals surface area contributed by atoms with Gasteiger partial charge in [-0.1, -0.05) is 6.08 Å². The van der Waals surface area contributed by atoms with Crippen LogP contribution in [0.25, 0.3) is 5.65 Å². The summed E-state index contributed by atoms with van der Waals surface area (Å²) in [4.78, 5) is 28.7. The highest BCUT2D eigenvalue weighted by atomic mass is 32.5. The average molecular weight is 676 g/mol. The molecule has 0 aromatic carbocycles. The number of hydrogen-bond acceptors (Lipinski definition) is 18. The van der Waals surface area contributed by atoms with Crippen LogP contribution in [0.3, 0.4) is 0 Å². The summed E-state index contributed by atoms with van der Waals surface area (Å²) >= 11 is 4.80. The summed E-state index contributed by atoms with van der Waals surface area (Å²) in [5.74, 6) is 0.0157. The average Bonchev–Trinajstić information content (AvgIpc) is 3.50. The van der Waals surface area contributed by atoms with Gasteiger partial charge in [0, 0.05) is 12.7 Å². The summed E-state index contributed by atoms with van der Waals surface area (Å²) in [6.07, 6.45) is -11.9. The van der Waals surface area contributed by atoms with Crippen LogP contribution >= 0.6 is 14.5 Å². The Morgan fingerprint density at radius 2 is 1.93 bits per heavy atom. The number of rotatable bonds is 12. The molecule has 2 aromatic heterocycles. The first-order valence-corrected chi connectivity index (χ1v) is 16.3. The molecule has 2 saturated heterocycles. The van der Waals surface area contributed by atoms with Crippen molar-refractivity contribution in [2.75, 3.05) is 26.1 Å². The van der Waals surface area contributed by atoms with Gasteiger partial charge >= 0.3 is 14.5 Å². The molecule has 0 radical (unpaired) electrons. The molecule has 12 atom stereocenters. The lowest BCUT2D eigenvalue weighted by molar-refractivity contribution is -0.292. The van der Waals surface area contributed by atoms with Crippen LogP contribution in [0.4, 0.5) is 5.95 Å². The van der Waals surface area contributed by atoms with E-state index in [1.807, 2.05) is 0 Å². The van der Waals surface area contributed by atoms with E-state index >= 15 is 0 Å². The first kappa shape index (κ1) is 34.3. The van der Waals surface area contributed by atoms with Crippen molar-refractivity contribution in [2.24, 2.45) is 0 Å². The van der Waals surface area contributed by atoms with E-state index in [9.17, 15) is 39.9 Å².